The monoisotopic (exact) mass is 190 g/mol. The smallest absolute Gasteiger partial charge is 0.305 e. The van der Waals surface area contributed by atoms with Gasteiger partial charge in [0.15, 0.2) is 0 Å². The number of halogens is 1. The number of hydrogen-bond acceptors (Lipinski definition) is 2. The molecular formula is C9H15ClO2. The number of carbonyl (C=O) groups excluding carboxylic acids is 1. The minimum atomic E-state index is -0.132. The van der Waals surface area contributed by atoms with Crippen LogP contribution in [0.5, 0.6) is 0 Å². The fourth-order valence-corrected chi connectivity index (χ4v) is 1.77. The van der Waals surface area contributed by atoms with Gasteiger partial charge in [0.05, 0.1) is 5.38 Å². The predicted molar refractivity (Wildman–Crippen MR) is 48.3 cm³/mol. The molecule has 1 aliphatic carbocycles. The lowest BCUT2D eigenvalue weighted by Crippen LogP contribution is -2.30. The van der Waals surface area contributed by atoms with Crippen LogP contribution in [0.15, 0.2) is 0 Å². The van der Waals surface area contributed by atoms with Crippen LogP contribution in [-0.4, -0.2) is 17.5 Å². The fourth-order valence-electron chi connectivity index (χ4n) is 1.44. The third-order valence-corrected chi connectivity index (χ3v) is 2.69. The van der Waals surface area contributed by atoms with Crippen molar-refractivity contribution in [2.75, 3.05) is 0 Å². The zero-order valence-corrected chi connectivity index (χ0v) is 8.14. The van der Waals surface area contributed by atoms with Crippen LogP contribution >= 0.6 is 11.6 Å². The standard InChI is InChI=1S/C9H15ClO2/c1-2-9(11)12-8-6-4-3-5-7(8)10/h7-8H,2-6H2,1H3/t7-,8-/m0/s1. The van der Waals surface area contributed by atoms with Crippen molar-refractivity contribution in [3.63, 3.8) is 0 Å². The van der Waals surface area contributed by atoms with Crippen LogP contribution in [0.3, 0.4) is 0 Å². The lowest BCUT2D eigenvalue weighted by atomic mass is 9.97. The van der Waals surface area contributed by atoms with Crippen molar-refractivity contribution in [3.8, 4) is 0 Å². The summed E-state index contributed by atoms with van der Waals surface area (Å²) in [5.74, 6) is -0.132. The summed E-state index contributed by atoms with van der Waals surface area (Å²) >= 11 is 6.01. The Morgan fingerprint density at radius 1 is 1.50 bits per heavy atom. The first-order valence-electron chi connectivity index (χ1n) is 4.57. The molecular weight excluding hydrogens is 176 g/mol. The number of hydrogen-bond donors (Lipinski definition) is 0. The second kappa shape index (κ2) is 4.70. The maximum Gasteiger partial charge on any atom is 0.305 e. The molecule has 3 heteroatoms. The van der Waals surface area contributed by atoms with E-state index < -0.39 is 0 Å². The molecule has 0 unspecified atom stereocenters. The van der Waals surface area contributed by atoms with Crippen LogP contribution in [0.4, 0.5) is 0 Å². The lowest BCUT2D eigenvalue weighted by Gasteiger charge is -2.26. The van der Waals surface area contributed by atoms with Crippen LogP contribution in [0.1, 0.15) is 39.0 Å². The molecule has 0 bridgehead atoms. The highest BCUT2D eigenvalue weighted by molar-refractivity contribution is 6.21. The van der Waals surface area contributed by atoms with Crippen molar-refractivity contribution >= 4 is 17.6 Å². The van der Waals surface area contributed by atoms with E-state index in [1.54, 1.807) is 6.92 Å². The zero-order valence-electron chi connectivity index (χ0n) is 7.38. The van der Waals surface area contributed by atoms with Gasteiger partial charge in [0.25, 0.3) is 0 Å². The Kier molecular flexibility index (Phi) is 3.86. The molecule has 0 saturated heterocycles. The predicted octanol–water partition coefficient (Wildman–Crippen LogP) is 2.49. The SMILES string of the molecule is CCC(=O)O[C@H]1CCCC[C@@H]1Cl. The summed E-state index contributed by atoms with van der Waals surface area (Å²) < 4.78 is 5.18. The van der Waals surface area contributed by atoms with Gasteiger partial charge in [-0.15, -0.1) is 11.6 Å². The summed E-state index contributed by atoms with van der Waals surface area (Å²) in [6.07, 6.45) is 4.61. The van der Waals surface area contributed by atoms with Crippen molar-refractivity contribution in [3.05, 3.63) is 0 Å². The minimum Gasteiger partial charge on any atom is -0.461 e. The Bertz CT molecular complexity index is 159. The normalized spacial score (nSPS) is 29.8. The van der Waals surface area contributed by atoms with Crippen LogP contribution in [0.25, 0.3) is 0 Å². The number of ether oxygens (including phenoxy) is 1. The van der Waals surface area contributed by atoms with Gasteiger partial charge in [-0.2, -0.15) is 0 Å². The summed E-state index contributed by atoms with van der Waals surface area (Å²) in [6.45, 7) is 1.80. The summed E-state index contributed by atoms with van der Waals surface area (Å²) in [5.41, 5.74) is 0. The minimum absolute atomic E-state index is 0.0344. The number of carbonyl (C=O) groups is 1. The third kappa shape index (κ3) is 2.67. The van der Waals surface area contributed by atoms with E-state index in [1.807, 2.05) is 0 Å². The molecule has 0 aromatic rings. The van der Waals surface area contributed by atoms with E-state index in [0.29, 0.717) is 6.42 Å². The van der Waals surface area contributed by atoms with Gasteiger partial charge in [0.2, 0.25) is 0 Å². The molecule has 0 radical (unpaired) electrons. The van der Waals surface area contributed by atoms with Gasteiger partial charge >= 0.3 is 5.97 Å². The van der Waals surface area contributed by atoms with Gasteiger partial charge in [-0.25, -0.2) is 0 Å². The first kappa shape index (κ1) is 9.85. The number of esters is 1. The molecule has 0 amide bonds. The van der Waals surface area contributed by atoms with Crippen LogP contribution < -0.4 is 0 Å². The van der Waals surface area contributed by atoms with E-state index in [1.165, 1.54) is 0 Å². The molecule has 0 aromatic carbocycles. The highest BCUT2D eigenvalue weighted by Gasteiger charge is 2.25. The average Bonchev–Trinajstić information content (AvgIpc) is 2.09. The Balaban J connectivity index is 2.33. The maximum atomic E-state index is 10.9. The Labute approximate surface area is 78.2 Å². The van der Waals surface area contributed by atoms with Crippen molar-refractivity contribution in [2.24, 2.45) is 0 Å². The highest BCUT2D eigenvalue weighted by atomic mass is 35.5. The van der Waals surface area contributed by atoms with Gasteiger partial charge in [-0.1, -0.05) is 13.3 Å². The third-order valence-electron chi connectivity index (χ3n) is 2.19. The van der Waals surface area contributed by atoms with Gasteiger partial charge < -0.3 is 4.74 Å². The van der Waals surface area contributed by atoms with Crippen molar-refractivity contribution in [1.82, 2.24) is 0 Å². The Morgan fingerprint density at radius 3 is 2.75 bits per heavy atom. The molecule has 0 N–H and O–H groups in total. The molecule has 1 rings (SSSR count). The maximum absolute atomic E-state index is 10.9. The van der Waals surface area contributed by atoms with Crippen molar-refractivity contribution < 1.29 is 9.53 Å². The molecule has 2 nitrogen and oxygen atoms in total. The molecule has 1 aliphatic rings. The molecule has 2 atom stereocenters. The number of rotatable bonds is 2. The van der Waals surface area contributed by atoms with Gasteiger partial charge in [0.1, 0.15) is 6.10 Å². The van der Waals surface area contributed by atoms with Crippen LogP contribution in [-0.2, 0) is 9.53 Å². The lowest BCUT2D eigenvalue weighted by molar-refractivity contribution is -0.149. The molecule has 0 aromatic heterocycles. The first-order chi connectivity index (χ1) is 5.74. The molecule has 0 heterocycles. The molecule has 12 heavy (non-hydrogen) atoms. The van der Waals surface area contributed by atoms with E-state index in [4.69, 9.17) is 16.3 Å². The molecule has 0 aliphatic heterocycles. The summed E-state index contributed by atoms with van der Waals surface area (Å²) in [7, 11) is 0. The van der Waals surface area contributed by atoms with E-state index in [9.17, 15) is 4.79 Å². The van der Waals surface area contributed by atoms with Gasteiger partial charge in [-0.05, 0) is 19.3 Å². The van der Waals surface area contributed by atoms with Crippen molar-refractivity contribution in [2.45, 2.75) is 50.5 Å². The van der Waals surface area contributed by atoms with Gasteiger partial charge in [0, 0.05) is 6.42 Å². The average molecular weight is 191 g/mol. The topological polar surface area (TPSA) is 26.3 Å². The molecule has 1 saturated carbocycles. The van der Waals surface area contributed by atoms with Crippen molar-refractivity contribution in [1.29, 1.82) is 0 Å². The van der Waals surface area contributed by atoms with Crippen LogP contribution in [0, 0.1) is 0 Å². The van der Waals surface area contributed by atoms with E-state index >= 15 is 0 Å². The second-order valence-corrected chi connectivity index (χ2v) is 3.74. The highest BCUT2D eigenvalue weighted by Crippen LogP contribution is 2.25. The summed E-state index contributed by atoms with van der Waals surface area (Å²) in [6, 6.07) is 0. The largest absolute Gasteiger partial charge is 0.461 e. The van der Waals surface area contributed by atoms with E-state index in [-0.39, 0.29) is 17.5 Å². The fraction of sp³-hybridized carbons (Fsp3) is 0.889. The van der Waals surface area contributed by atoms with Crippen LogP contribution in [0.2, 0.25) is 0 Å². The van der Waals surface area contributed by atoms with E-state index in [0.717, 1.165) is 25.7 Å². The second-order valence-electron chi connectivity index (χ2n) is 3.18. The first-order valence-corrected chi connectivity index (χ1v) is 5.01. The Morgan fingerprint density at radius 2 is 2.17 bits per heavy atom. The zero-order chi connectivity index (χ0) is 8.97. The number of alkyl halides is 1. The van der Waals surface area contributed by atoms with Gasteiger partial charge in [-0.3, -0.25) is 4.79 Å². The molecule has 0 spiro atoms. The molecule has 70 valence electrons. The quantitative estimate of drug-likeness (QED) is 0.494. The Hall–Kier alpha value is -0.240. The summed E-state index contributed by atoms with van der Waals surface area (Å²) in [4.78, 5) is 10.9. The van der Waals surface area contributed by atoms with E-state index in [2.05, 4.69) is 0 Å². The molecule has 1 fully saturated rings. The summed E-state index contributed by atoms with van der Waals surface area (Å²) in [5, 5.41) is 0.0363.